The Bertz CT molecular complexity index is 262. The molecule has 0 atom stereocenters. The topological polar surface area (TPSA) is 63.3 Å². The fraction of sp³-hybridized carbons (Fsp3) is 0. The van der Waals surface area contributed by atoms with Gasteiger partial charge in [0, 0.05) is 5.69 Å². The predicted molar refractivity (Wildman–Crippen MR) is 45.0 cm³/mol. The molecular formula is C7H8KNO2. The summed E-state index contributed by atoms with van der Waals surface area (Å²) in [6.45, 7) is 0. The number of carboxylic acids is 1. The number of nitrogens with two attached hydrogens (primary N) is 1. The molecule has 0 saturated carbocycles. The Kier molecular flexibility index (Phi) is 4.95. The zero-order chi connectivity index (χ0) is 7.56. The Balaban J connectivity index is 0.000001000. The molecule has 0 saturated heterocycles. The van der Waals surface area contributed by atoms with Crippen LogP contribution in [0.4, 0.5) is 5.69 Å². The number of aromatic carboxylic acids is 1. The van der Waals surface area contributed by atoms with Crippen LogP contribution in [0.5, 0.6) is 0 Å². The van der Waals surface area contributed by atoms with Gasteiger partial charge in [-0.25, -0.2) is 4.79 Å². The summed E-state index contributed by atoms with van der Waals surface area (Å²) in [6, 6.07) is 6.36. The Labute approximate surface area is 107 Å². The van der Waals surface area contributed by atoms with Crippen molar-refractivity contribution in [2.75, 3.05) is 5.73 Å². The van der Waals surface area contributed by atoms with Crippen molar-refractivity contribution in [3.05, 3.63) is 29.8 Å². The standard InChI is InChI=1S/C7H7NO2.K.H/c8-6-4-2-1-3-5(6)7(9)10;;/h1-4H,8H2,(H,9,10);;. The number of rotatable bonds is 1. The average Bonchev–Trinajstić information content (AvgIpc) is 1.88. The molecule has 0 aromatic heterocycles. The summed E-state index contributed by atoms with van der Waals surface area (Å²) in [5.74, 6) is -0.988. The van der Waals surface area contributed by atoms with Gasteiger partial charge in [0.1, 0.15) is 0 Å². The molecule has 0 unspecified atom stereocenters. The maximum atomic E-state index is 10.3. The van der Waals surface area contributed by atoms with E-state index < -0.39 is 5.97 Å². The molecule has 0 spiro atoms. The summed E-state index contributed by atoms with van der Waals surface area (Å²) in [5.41, 5.74) is 5.80. The van der Waals surface area contributed by atoms with E-state index in [0.717, 1.165) is 0 Å². The van der Waals surface area contributed by atoms with Crippen LogP contribution in [0.15, 0.2) is 24.3 Å². The van der Waals surface area contributed by atoms with Gasteiger partial charge in [0.05, 0.1) is 5.56 Å². The second kappa shape index (κ2) is 4.90. The van der Waals surface area contributed by atoms with Crippen LogP contribution < -0.4 is 5.73 Å². The first-order valence-electron chi connectivity index (χ1n) is 2.79. The van der Waals surface area contributed by atoms with Crippen molar-refractivity contribution in [2.24, 2.45) is 0 Å². The van der Waals surface area contributed by atoms with E-state index in [1.54, 1.807) is 18.2 Å². The molecule has 0 aliphatic rings. The minimum atomic E-state index is -0.988. The molecule has 3 N–H and O–H groups in total. The van der Waals surface area contributed by atoms with E-state index in [-0.39, 0.29) is 56.9 Å². The zero-order valence-electron chi connectivity index (χ0n) is 5.24. The number of nitrogen functional groups attached to an aromatic ring is 1. The molecule has 0 heterocycles. The SMILES string of the molecule is Nc1ccccc1C(=O)O.[KH]. The molecule has 0 amide bonds. The van der Waals surface area contributed by atoms with Crippen molar-refractivity contribution in [3.8, 4) is 0 Å². The van der Waals surface area contributed by atoms with Crippen molar-refractivity contribution in [3.63, 3.8) is 0 Å². The molecule has 54 valence electrons. The van der Waals surface area contributed by atoms with E-state index >= 15 is 0 Å². The quantitative estimate of drug-likeness (QED) is 0.479. The summed E-state index contributed by atoms with van der Waals surface area (Å²) in [5, 5.41) is 8.49. The Hall–Kier alpha value is 0.126. The van der Waals surface area contributed by atoms with Crippen LogP contribution >= 0.6 is 0 Å². The van der Waals surface area contributed by atoms with Gasteiger partial charge < -0.3 is 10.8 Å². The number of carboxylic acid groups (broad SMARTS) is 1. The van der Waals surface area contributed by atoms with Crippen molar-refractivity contribution >= 4 is 63.0 Å². The van der Waals surface area contributed by atoms with Crippen molar-refractivity contribution < 1.29 is 9.90 Å². The van der Waals surface area contributed by atoms with Gasteiger partial charge in [-0.3, -0.25) is 0 Å². The van der Waals surface area contributed by atoms with Crippen LogP contribution in [0.25, 0.3) is 0 Å². The first kappa shape index (κ1) is 11.1. The van der Waals surface area contributed by atoms with Crippen LogP contribution in [0.1, 0.15) is 10.4 Å². The average molecular weight is 177 g/mol. The third kappa shape index (κ3) is 2.92. The minimum absolute atomic E-state index is 0. The molecule has 0 bridgehead atoms. The number of para-hydroxylation sites is 1. The third-order valence-corrected chi connectivity index (χ3v) is 1.19. The van der Waals surface area contributed by atoms with Gasteiger partial charge in [0.25, 0.3) is 0 Å². The molecule has 11 heavy (non-hydrogen) atoms. The van der Waals surface area contributed by atoms with Crippen molar-refractivity contribution in [1.82, 2.24) is 0 Å². The van der Waals surface area contributed by atoms with E-state index in [9.17, 15) is 4.79 Å². The maximum absolute atomic E-state index is 10.3. The van der Waals surface area contributed by atoms with Gasteiger partial charge in [-0.1, -0.05) is 12.1 Å². The van der Waals surface area contributed by atoms with E-state index in [0.29, 0.717) is 5.69 Å². The van der Waals surface area contributed by atoms with E-state index in [4.69, 9.17) is 10.8 Å². The van der Waals surface area contributed by atoms with Gasteiger partial charge in [-0.2, -0.15) is 0 Å². The second-order valence-electron chi connectivity index (χ2n) is 1.89. The molecule has 1 aromatic rings. The van der Waals surface area contributed by atoms with E-state index in [2.05, 4.69) is 0 Å². The summed E-state index contributed by atoms with van der Waals surface area (Å²) in [7, 11) is 0. The fourth-order valence-electron chi connectivity index (χ4n) is 0.692. The fourth-order valence-corrected chi connectivity index (χ4v) is 0.692. The molecule has 0 aliphatic carbocycles. The predicted octanol–water partition coefficient (Wildman–Crippen LogP) is 0.319. The number of carbonyl (C=O) groups is 1. The van der Waals surface area contributed by atoms with Crippen molar-refractivity contribution in [2.45, 2.75) is 0 Å². The summed E-state index contributed by atoms with van der Waals surface area (Å²) in [4.78, 5) is 10.3. The molecule has 0 radical (unpaired) electrons. The number of hydrogen-bond acceptors (Lipinski definition) is 2. The molecule has 1 rings (SSSR count). The first-order valence-corrected chi connectivity index (χ1v) is 2.79. The zero-order valence-corrected chi connectivity index (χ0v) is 5.24. The Morgan fingerprint density at radius 2 is 1.91 bits per heavy atom. The van der Waals surface area contributed by atoms with Crippen LogP contribution in [-0.2, 0) is 0 Å². The molecule has 0 fully saturated rings. The first-order chi connectivity index (χ1) is 4.72. The second-order valence-corrected chi connectivity index (χ2v) is 1.89. The summed E-state index contributed by atoms with van der Waals surface area (Å²) < 4.78 is 0. The van der Waals surface area contributed by atoms with Crippen LogP contribution in [0, 0.1) is 0 Å². The summed E-state index contributed by atoms with van der Waals surface area (Å²) >= 11 is 0. The van der Waals surface area contributed by atoms with Crippen LogP contribution in [0.3, 0.4) is 0 Å². The van der Waals surface area contributed by atoms with Crippen molar-refractivity contribution in [1.29, 1.82) is 0 Å². The van der Waals surface area contributed by atoms with Gasteiger partial charge in [0.2, 0.25) is 0 Å². The van der Waals surface area contributed by atoms with Gasteiger partial charge in [-0.15, -0.1) is 0 Å². The normalized spacial score (nSPS) is 8.36. The molecule has 1 aromatic carbocycles. The number of benzene rings is 1. The van der Waals surface area contributed by atoms with Gasteiger partial charge in [-0.05, 0) is 12.1 Å². The third-order valence-electron chi connectivity index (χ3n) is 1.19. The number of hydrogen-bond donors (Lipinski definition) is 2. The number of anilines is 1. The van der Waals surface area contributed by atoms with Gasteiger partial charge in [0.15, 0.2) is 0 Å². The van der Waals surface area contributed by atoms with E-state index in [1.165, 1.54) is 6.07 Å². The van der Waals surface area contributed by atoms with Gasteiger partial charge >= 0.3 is 57.4 Å². The molecule has 3 nitrogen and oxygen atoms in total. The molecule has 4 heteroatoms. The monoisotopic (exact) mass is 177 g/mol. The molecular weight excluding hydrogens is 169 g/mol. The Morgan fingerprint density at radius 3 is 2.27 bits per heavy atom. The van der Waals surface area contributed by atoms with Crippen LogP contribution in [0.2, 0.25) is 0 Å². The Morgan fingerprint density at radius 1 is 1.36 bits per heavy atom. The van der Waals surface area contributed by atoms with Crippen LogP contribution in [-0.4, -0.2) is 62.5 Å². The summed E-state index contributed by atoms with van der Waals surface area (Å²) in [6.07, 6.45) is 0. The van der Waals surface area contributed by atoms with E-state index in [1.807, 2.05) is 0 Å². The molecule has 0 aliphatic heterocycles.